The summed E-state index contributed by atoms with van der Waals surface area (Å²) in [6.45, 7) is 4.89. The lowest BCUT2D eigenvalue weighted by atomic mass is 9.88. The van der Waals surface area contributed by atoms with Crippen LogP contribution in [0.2, 0.25) is 0 Å². The van der Waals surface area contributed by atoms with Crippen molar-refractivity contribution < 1.29 is 29.0 Å². The minimum Gasteiger partial charge on any atom is -0.481 e. The number of carboxylic acid groups (broad SMARTS) is 1. The number of Topliss-reactive ketones (excluding diaryl/α,β-unsaturated/α-hetero) is 1. The fourth-order valence-electron chi connectivity index (χ4n) is 4.05. The number of ether oxygens (including phenoxy) is 1. The third kappa shape index (κ3) is 10.2. The molecule has 0 spiro atoms. The van der Waals surface area contributed by atoms with Crippen LogP contribution in [0, 0.1) is 17.8 Å². The minimum atomic E-state index is -1.00. The van der Waals surface area contributed by atoms with E-state index < -0.39 is 17.8 Å². The number of benzene rings is 1. The van der Waals surface area contributed by atoms with Crippen LogP contribution >= 0.6 is 0 Å². The zero-order chi connectivity index (χ0) is 25.8. The van der Waals surface area contributed by atoms with Crippen molar-refractivity contribution in [3.63, 3.8) is 0 Å². The topological polar surface area (TPSA) is 148 Å². The van der Waals surface area contributed by atoms with Crippen LogP contribution in [0.15, 0.2) is 24.3 Å². The maximum atomic E-state index is 13.3. The van der Waals surface area contributed by atoms with Crippen molar-refractivity contribution in [3.05, 3.63) is 29.8 Å². The molecule has 0 aromatic heterocycles. The number of fused-ring (bicyclic) bond motifs is 12. The molecule has 3 rings (SSSR count). The molecular formula is C26H39N3O6. The fraction of sp³-hybridized carbons (Fsp3) is 0.615. The first kappa shape index (κ1) is 28.5. The van der Waals surface area contributed by atoms with Gasteiger partial charge < -0.3 is 26.2 Å². The van der Waals surface area contributed by atoms with Crippen molar-refractivity contribution >= 4 is 29.3 Å². The number of nitrogens with one attached hydrogen (secondary N) is 2. The lowest BCUT2D eigenvalue weighted by Gasteiger charge is -2.25. The average molecular weight is 490 g/mol. The van der Waals surface area contributed by atoms with Crippen LogP contribution in [0.3, 0.4) is 0 Å². The van der Waals surface area contributed by atoms with Crippen LogP contribution in [0.4, 0.5) is 5.69 Å². The largest absolute Gasteiger partial charge is 0.481 e. The summed E-state index contributed by atoms with van der Waals surface area (Å²) in [4.78, 5) is 49.9. The van der Waals surface area contributed by atoms with Gasteiger partial charge in [-0.3, -0.25) is 19.2 Å². The predicted octanol–water partition coefficient (Wildman–Crippen LogP) is 2.52. The molecule has 1 unspecified atom stereocenters. The molecule has 2 aliphatic rings. The number of carboxylic acids is 1. The number of ketones is 1. The van der Waals surface area contributed by atoms with Crippen molar-refractivity contribution in [1.82, 2.24) is 5.32 Å². The van der Waals surface area contributed by atoms with Crippen molar-refractivity contribution in [3.8, 4) is 0 Å². The minimum absolute atomic E-state index is 0.0450. The molecular weight excluding hydrogens is 450 g/mol. The summed E-state index contributed by atoms with van der Waals surface area (Å²) in [5, 5.41) is 15.4. The number of rotatable bonds is 10. The fourth-order valence-corrected chi connectivity index (χ4v) is 4.05. The van der Waals surface area contributed by atoms with Crippen LogP contribution < -0.4 is 16.4 Å². The van der Waals surface area contributed by atoms with Crippen LogP contribution in [-0.4, -0.2) is 54.5 Å². The lowest BCUT2D eigenvalue weighted by Crippen LogP contribution is -2.45. The van der Waals surface area contributed by atoms with E-state index in [1.807, 2.05) is 26.0 Å². The summed E-state index contributed by atoms with van der Waals surface area (Å²) in [5.41, 5.74) is 6.99. The summed E-state index contributed by atoms with van der Waals surface area (Å²) in [5.74, 6) is -3.00. The van der Waals surface area contributed by atoms with Crippen LogP contribution in [0.5, 0.6) is 0 Å². The smallest absolute Gasteiger partial charge is 0.306 e. The van der Waals surface area contributed by atoms with Gasteiger partial charge in [-0.1, -0.05) is 32.4 Å². The van der Waals surface area contributed by atoms with Gasteiger partial charge in [-0.25, -0.2) is 0 Å². The van der Waals surface area contributed by atoms with Gasteiger partial charge in [0.2, 0.25) is 11.8 Å². The highest BCUT2D eigenvalue weighted by molar-refractivity contribution is 5.91. The van der Waals surface area contributed by atoms with Gasteiger partial charge in [-0.2, -0.15) is 0 Å². The Morgan fingerprint density at radius 3 is 2.51 bits per heavy atom. The number of nitrogens with two attached hydrogens (primary N) is 1. The summed E-state index contributed by atoms with van der Waals surface area (Å²) < 4.78 is 5.66. The van der Waals surface area contributed by atoms with E-state index in [4.69, 9.17) is 10.5 Å². The third-order valence-corrected chi connectivity index (χ3v) is 6.30. The number of anilines is 1. The number of hydrogen-bond donors (Lipinski definition) is 4. The molecule has 0 radical (unpaired) electrons. The first-order valence-electron chi connectivity index (χ1n) is 12.4. The van der Waals surface area contributed by atoms with E-state index in [0.29, 0.717) is 37.9 Å². The molecule has 0 aliphatic carbocycles. The van der Waals surface area contributed by atoms with E-state index in [2.05, 4.69) is 10.6 Å². The van der Waals surface area contributed by atoms with Gasteiger partial charge in [-0.15, -0.1) is 0 Å². The summed E-state index contributed by atoms with van der Waals surface area (Å²) in [6, 6.07) is 6.89. The van der Waals surface area contributed by atoms with Crippen LogP contribution in [-0.2, 0) is 30.3 Å². The maximum Gasteiger partial charge on any atom is 0.306 e. The molecule has 2 heterocycles. The second-order valence-corrected chi connectivity index (χ2v) is 9.60. The number of unbranched alkanes of at least 4 members (excludes halogenated alkanes) is 1. The van der Waals surface area contributed by atoms with E-state index in [1.54, 1.807) is 12.1 Å². The second kappa shape index (κ2) is 14.6. The first-order chi connectivity index (χ1) is 16.7. The van der Waals surface area contributed by atoms with Gasteiger partial charge in [0.1, 0.15) is 5.78 Å². The molecule has 2 bridgehead atoms. The number of carbonyl (C=O) groups excluding carboxylic acids is 3. The third-order valence-electron chi connectivity index (χ3n) is 6.30. The molecule has 9 nitrogen and oxygen atoms in total. The van der Waals surface area contributed by atoms with E-state index in [9.17, 15) is 24.3 Å². The molecule has 194 valence electrons. The Bertz CT molecular complexity index is 855. The van der Waals surface area contributed by atoms with Crippen LogP contribution in [0.25, 0.3) is 0 Å². The van der Waals surface area contributed by atoms with Crippen molar-refractivity contribution in [2.75, 3.05) is 25.1 Å². The van der Waals surface area contributed by atoms with Gasteiger partial charge >= 0.3 is 5.97 Å². The Hall–Kier alpha value is -2.78. The van der Waals surface area contributed by atoms with E-state index in [-0.39, 0.29) is 62.0 Å². The first-order valence-corrected chi connectivity index (χ1v) is 12.4. The highest BCUT2D eigenvalue weighted by Crippen LogP contribution is 2.21. The van der Waals surface area contributed by atoms with Crippen molar-refractivity contribution in [2.45, 2.75) is 64.8 Å². The molecule has 0 fully saturated rings. The number of aliphatic carboxylic acids is 1. The summed E-state index contributed by atoms with van der Waals surface area (Å²) in [6.07, 6.45) is 2.11. The molecule has 2 amide bonds. The maximum absolute atomic E-state index is 13.3. The standard InChI is InChI=1S/C26H39N3O6/c1-17(2)23-16-35-12-10-24(31)28-21-8-6-18(7-9-21)13-20(25(32)29-23)15-22(30)14-19(26(33)34)5-3-4-11-27/h6-9,17,19-20,23H,3-5,10-16,27H2,1-2H3,(H,28,31)(H,29,32)(H,33,34)/t19?,20-,23+/m0/s1. The molecule has 2 aliphatic heterocycles. The number of amides is 2. The Kier molecular flexibility index (Phi) is 11.9. The normalized spacial score (nSPS) is 20.5. The Labute approximate surface area is 207 Å². The lowest BCUT2D eigenvalue weighted by molar-refractivity contribution is -0.144. The molecule has 35 heavy (non-hydrogen) atoms. The van der Waals surface area contributed by atoms with Gasteiger partial charge in [0.25, 0.3) is 0 Å². The van der Waals surface area contributed by atoms with Crippen molar-refractivity contribution in [1.29, 1.82) is 0 Å². The quantitative estimate of drug-likeness (QED) is 0.369. The van der Waals surface area contributed by atoms with Gasteiger partial charge in [0, 0.05) is 24.4 Å². The van der Waals surface area contributed by atoms with Gasteiger partial charge in [-0.05, 0) is 49.4 Å². The molecule has 9 heteroatoms. The number of hydrogen-bond acceptors (Lipinski definition) is 6. The Balaban J connectivity index is 2.19. The highest BCUT2D eigenvalue weighted by Gasteiger charge is 2.28. The Morgan fingerprint density at radius 1 is 1.17 bits per heavy atom. The molecule has 0 saturated heterocycles. The Morgan fingerprint density at radius 2 is 1.89 bits per heavy atom. The van der Waals surface area contributed by atoms with Crippen molar-refractivity contribution in [2.24, 2.45) is 23.5 Å². The molecule has 1 aromatic carbocycles. The average Bonchev–Trinajstić information content (AvgIpc) is 2.81. The molecule has 5 N–H and O–H groups in total. The van der Waals surface area contributed by atoms with Gasteiger partial charge in [0.05, 0.1) is 31.6 Å². The highest BCUT2D eigenvalue weighted by atomic mass is 16.5. The summed E-state index contributed by atoms with van der Waals surface area (Å²) in [7, 11) is 0. The zero-order valence-corrected chi connectivity index (χ0v) is 20.8. The predicted molar refractivity (Wildman–Crippen MR) is 133 cm³/mol. The SMILES string of the molecule is CC(C)[C@H]1COCCC(=O)Nc2ccc(cc2)C[C@@H](CC(=O)CC(CCCCN)C(=O)O)C(=O)N1. The molecule has 0 saturated carbocycles. The molecule has 3 atom stereocenters. The van der Waals surface area contributed by atoms with E-state index in [0.717, 1.165) is 5.56 Å². The van der Waals surface area contributed by atoms with Crippen LogP contribution in [0.1, 0.15) is 57.9 Å². The zero-order valence-electron chi connectivity index (χ0n) is 20.8. The molecule has 1 aromatic rings. The summed E-state index contributed by atoms with van der Waals surface area (Å²) >= 11 is 0. The number of carbonyl (C=O) groups is 4. The van der Waals surface area contributed by atoms with E-state index in [1.165, 1.54) is 0 Å². The van der Waals surface area contributed by atoms with E-state index >= 15 is 0 Å². The second-order valence-electron chi connectivity index (χ2n) is 9.60. The van der Waals surface area contributed by atoms with Gasteiger partial charge in [0.15, 0.2) is 0 Å². The monoisotopic (exact) mass is 489 g/mol.